The van der Waals surface area contributed by atoms with Gasteiger partial charge in [0.15, 0.2) is 11.5 Å². The van der Waals surface area contributed by atoms with Crippen molar-refractivity contribution in [2.45, 2.75) is 25.8 Å². The van der Waals surface area contributed by atoms with Crippen LogP contribution in [0.3, 0.4) is 0 Å². The lowest BCUT2D eigenvalue weighted by Crippen LogP contribution is -2.44. The molecule has 5 heteroatoms. The number of nitrogens with one attached hydrogen (secondary N) is 1. The van der Waals surface area contributed by atoms with E-state index < -0.39 is 5.54 Å². The van der Waals surface area contributed by atoms with Crippen LogP contribution in [-0.4, -0.2) is 32.8 Å². The van der Waals surface area contributed by atoms with Gasteiger partial charge in [-0.1, -0.05) is 24.3 Å². The number of amides is 1. The Hall–Kier alpha value is -2.95. The highest BCUT2D eigenvalue weighted by atomic mass is 16.5. The van der Waals surface area contributed by atoms with Crippen molar-refractivity contribution in [3.8, 4) is 17.2 Å². The summed E-state index contributed by atoms with van der Waals surface area (Å²) in [5.74, 6) is 1.93. The Kier molecular flexibility index (Phi) is 6.88. The monoisotopic (exact) mass is 369 g/mol. The zero-order valence-electron chi connectivity index (χ0n) is 16.5. The molecule has 2 rings (SSSR count). The summed E-state index contributed by atoms with van der Waals surface area (Å²) < 4.78 is 15.9. The van der Waals surface area contributed by atoms with Crippen molar-refractivity contribution in [2.24, 2.45) is 0 Å². The van der Waals surface area contributed by atoms with Gasteiger partial charge in [0.05, 0.1) is 21.3 Å². The molecule has 0 atom stereocenters. The average Bonchev–Trinajstić information content (AvgIpc) is 2.65. The largest absolute Gasteiger partial charge is 0.496 e. The molecular formula is C22H27NO4. The van der Waals surface area contributed by atoms with Crippen molar-refractivity contribution in [3.05, 3.63) is 59.7 Å². The molecule has 1 N–H and O–H groups in total. The first-order chi connectivity index (χ1) is 12.9. The van der Waals surface area contributed by atoms with Crippen LogP contribution >= 0.6 is 0 Å². The zero-order valence-corrected chi connectivity index (χ0v) is 16.5. The van der Waals surface area contributed by atoms with Gasteiger partial charge >= 0.3 is 0 Å². The molecule has 0 spiro atoms. The Morgan fingerprint density at radius 3 is 2.30 bits per heavy atom. The molecule has 0 aliphatic rings. The lowest BCUT2D eigenvalue weighted by Gasteiger charge is -2.26. The number of ether oxygens (including phenoxy) is 3. The van der Waals surface area contributed by atoms with Gasteiger partial charge in [-0.25, -0.2) is 0 Å². The molecule has 1 amide bonds. The number of methoxy groups -OCH3 is 3. The number of benzene rings is 2. The topological polar surface area (TPSA) is 56.8 Å². The summed E-state index contributed by atoms with van der Waals surface area (Å²) in [5.41, 5.74) is 1.48. The Morgan fingerprint density at radius 1 is 0.963 bits per heavy atom. The fraction of sp³-hybridized carbons (Fsp3) is 0.318. The predicted octanol–water partition coefficient (Wildman–Crippen LogP) is 3.86. The maximum absolute atomic E-state index is 12.4. The van der Waals surface area contributed by atoms with Gasteiger partial charge in [-0.3, -0.25) is 4.79 Å². The van der Waals surface area contributed by atoms with Gasteiger partial charge in [-0.2, -0.15) is 0 Å². The van der Waals surface area contributed by atoms with Gasteiger partial charge in [-0.05, 0) is 55.7 Å². The normalized spacial score (nSPS) is 11.3. The summed E-state index contributed by atoms with van der Waals surface area (Å²) >= 11 is 0. The minimum absolute atomic E-state index is 0.162. The first-order valence-electron chi connectivity index (χ1n) is 8.72. The van der Waals surface area contributed by atoms with E-state index in [1.165, 1.54) is 6.08 Å². The second kappa shape index (κ2) is 9.12. The van der Waals surface area contributed by atoms with Crippen molar-refractivity contribution in [3.63, 3.8) is 0 Å². The maximum Gasteiger partial charge on any atom is 0.244 e. The van der Waals surface area contributed by atoms with Gasteiger partial charge in [0.25, 0.3) is 0 Å². The molecule has 0 saturated carbocycles. The van der Waals surface area contributed by atoms with E-state index in [9.17, 15) is 4.79 Å². The van der Waals surface area contributed by atoms with Crippen LogP contribution in [0.15, 0.2) is 48.5 Å². The van der Waals surface area contributed by atoms with E-state index in [-0.39, 0.29) is 5.91 Å². The van der Waals surface area contributed by atoms with Crippen molar-refractivity contribution >= 4 is 12.0 Å². The number of rotatable bonds is 8. The summed E-state index contributed by atoms with van der Waals surface area (Å²) in [6, 6.07) is 13.3. The van der Waals surface area contributed by atoms with Crippen LogP contribution in [0.4, 0.5) is 0 Å². The van der Waals surface area contributed by atoms with E-state index in [1.54, 1.807) is 27.4 Å². The van der Waals surface area contributed by atoms with Crippen LogP contribution in [0.1, 0.15) is 25.0 Å². The number of carbonyl (C=O) groups excluding carboxylic acids is 1. The minimum Gasteiger partial charge on any atom is -0.496 e. The summed E-state index contributed by atoms with van der Waals surface area (Å²) in [6.45, 7) is 3.98. The standard InChI is InChI=1S/C22H27NO4/c1-22(2,15-17-8-6-7-9-18(17)25-3)23-21(24)13-11-16-10-12-19(26-4)20(14-16)27-5/h6-14H,15H2,1-5H3,(H,23,24)/b13-11+. The summed E-state index contributed by atoms with van der Waals surface area (Å²) in [6.07, 6.45) is 3.93. The minimum atomic E-state index is -0.423. The first kappa shape index (κ1) is 20.4. The lowest BCUT2D eigenvalue weighted by atomic mass is 9.94. The third-order valence-electron chi connectivity index (χ3n) is 4.12. The van der Waals surface area contributed by atoms with Crippen LogP contribution in [0.25, 0.3) is 6.08 Å². The number of para-hydroxylation sites is 1. The van der Waals surface area contributed by atoms with Gasteiger partial charge in [-0.15, -0.1) is 0 Å². The fourth-order valence-corrected chi connectivity index (χ4v) is 2.87. The molecule has 0 saturated heterocycles. The molecule has 0 fully saturated rings. The molecule has 0 aliphatic heterocycles. The van der Waals surface area contributed by atoms with E-state index in [0.29, 0.717) is 17.9 Å². The zero-order chi connectivity index (χ0) is 19.9. The molecule has 0 bridgehead atoms. The molecule has 0 unspecified atom stereocenters. The first-order valence-corrected chi connectivity index (χ1v) is 8.72. The second-order valence-corrected chi connectivity index (χ2v) is 6.81. The van der Waals surface area contributed by atoms with Crippen molar-refractivity contribution in [1.82, 2.24) is 5.32 Å². The van der Waals surface area contributed by atoms with Gasteiger partial charge in [0.2, 0.25) is 5.91 Å². The summed E-state index contributed by atoms with van der Waals surface area (Å²) in [5, 5.41) is 3.04. The fourth-order valence-electron chi connectivity index (χ4n) is 2.87. The average molecular weight is 369 g/mol. The Morgan fingerprint density at radius 2 is 1.63 bits per heavy atom. The van der Waals surface area contributed by atoms with Crippen LogP contribution in [0.5, 0.6) is 17.2 Å². The van der Waals surface area contributed by atoms with Crippen molar-refractivity contribution in [2.75, 3.05) is 21.3 Å². The van der Waals surface area contributed by atoms with Crippen molar-refractivity contribution < 1.29 is 19.0 Å². The Balaban J connectivity index is 2.04. The maximum atomic E-state index is 12.4. The van der Waals surface area contributed by atoms with Gasteiger partial charge in [0.1, 0.15) is 5.75 Å². The number of hydrogen-bond donors (Lipinski definition) is 1. The molecule has 5 nitrogen and oxygen atoms in total. The third-order valence-corrected chi connectivity index (χ3v) is 4.12. The Bertz CT molecular complexity index is 812. The molecular weight excluding hydrogens is 342 g/mol. The number of hydrogen-bond acceptors (Lipinski definition) is 4. The smallest absolute Gasteiger partial charge is 0.244 e. The molecule has 2 aromatic carbocycles. The van der Waals surface area contributed by atoms with Gasteiger partial charge < -0.3 is 19.5 Å². The van der Waals surface area contributed by atoms with Crippen LogP contribution in [0, 0.1) is 0 Å². The molecule has 0 aliphatic carbocycles. The van der Waals surface area contributed by atoms with Crippen LogP contribution < -0.4 is 19.5 Å². The quantitative estimate of drug-likeness (QED) is 0.718. The van der Waals surface area contributed by atoms with E-state index in [1.807, 2.05) is 56.3 Å². The van der Waals surface area contributed by atoms with Crippen molar-refractivity contribution in [1.29, 1.82) is 0 Å². The van der Waals surface area contributed by atoms with E-state index in [0.717, 1.165) is 16.9 Å². The highest BCUT2D eigenvalue weighted by molar-refractivity contribution is 5.92. The van der Waals surface area contributed by atoms with Gasteiger partial charge in [0, 0.05) is 11.6 Å². The van der Waals surface area contributed by atoms with Crippen LogP contribution in [-0.2, 0) is 11.2 Å². The molecule has 0 aromatic heterocycles. The SMILES string of the molecule is COc1ccccc1CC(C)(C)NC(=O)/C=C/c1ccc(OC)c(OC)c1. The molecule has 27 heavy (non-hydrogen) atoms. The third kappa shape index (κ3) is 5.78. The van der Waals surface area contributed by atoms with Crippen LogP contribution in [0.2, 0.25) is 0 Å². The van der Waals surface area contributed by atoms with E-state index in [4.69, 9.17) is 14.2 Å². The highest BCUT2D eigenvalue weighted by Gasteiger charge is 2.21. The summed E-state index contributed by atoms with van der Waals surface area (Å²) in [7, 11) is 4.82. The molecule has 0 heterocycles. The predicted molar refractivity (Wildman–Crippen MR) is 107 cm³/mol. The number of carbonyl (C=O) groups is 1. The summed E-state index contributed by atoms with van der Waals surface area (Å²) in [4.78, 5) is 12.4. The Labute approximate surface area is 161 Å². The molecule has 144 valence electrons. The molecule has 0 radical (unpaired) electrons. The second-order valence-electron chi connectivity index (χ2n) is 6.81. The lowest BCUT2D eigenvalue weighted by molar-refractivity contribution is -0.117. The van der Waals surface area contributed by atoms with E-state index >= 15 is 0 Å². The van der Waals surface area contributed by atoms with E-state index in [2.05, 4.69) is 5.32 Å². The molecule has 2 aromatic rings. The highest BCUT2D eigenvalue weighted by Crippen LogP contribution is 2.28.